The molecule has 0 aliphatic rings. The van der Waals surface area contributed by atoms with Crippen LogP contribution in [0.2, 0.25) is 0 Å². The zero-order chi connectivity index (χ0) is 22.3. The normalized spacial score (nSPS) is 11.8. The average Bonchev–Trinajstić information content (AvgIpc) is 2.83. The highest BCUT2D eigenvalue weighted by molar-refractivity contribution is 7.98. The predicted octanol–water partition coefficient (Wildman–Crippen LogP) is 7.24. The second-order valence-corrected chi connectivity index (χ2v) is 8.81. The summed E-state index contributed by atoms with van der Waals surface area (Å²) in [4.78, 5) is 14.2. The number of hydrogen-bond acceptors (Lipinski definition) is 3. The van der Waals surface area contributed by atoms with Crippen LogP contribution in [0.4, 0.5) is 5.69 Å². The molecule has 0 unspecified atom stereocenters. The highest BCUT2D eigenvalue weighted by Crippen LogP contribution is 2.26. The molecule has 0 bridgehead atoms. The van der Waals surface area contributed by atoms with Gasteiger partial charge in [0.25, 0.3) is 5.91 Å². The van der Waals surface area contributed by atoms with Crippen LogP contribution in [-0.2, 0) is 10.5 Å². The number of aryl methyl sites for hydroxylation is 1. The lowest BCUT2D eigenvalue weighted by atomic mass is 10.1. The Kier molecular flexibility index (Phi) is 7.13. The van der Waals surface area contributed by atoms with Crippen molar-refractivity contribution in [3.63, 3.8) is 0 Å². The van der Waals surface area contributed by atoms with Gasteiger partial charge in [-0.25, -0.2) is 0 Å². The lowest BCUT2D eigenvalue weighted by Crippen LogP contribution is -2.32. The third kappa shape index (κ3) is 5.51. The molecule has 4 heteroatoms. The lowest BCUT2D eigenvalue weighted by molar-refractivity contribution is -0.122. The molecule has 1 atom stereocenters. The number of carbonyl (C=O) groups is 1. The van der Waals surface area contributed by atoms with Gasteiger partial charge in [0.15, 0.2) is 6.10 Å². The molecule has 0 spiro atoms. The van der Waals surface area contributed by atoms with Crippen LogP contribution < -0.4 is 10.1 Å². The lowest BCUT2D eigenvalue weighted by Gasteiger charge is -2.19. The summed E-state index contributed by atoms with van der Waals surface area (Å²) in [7, 11) is 0. The Morgan fingerprint density at radius 1 is 0.906 bits per heavy atom. The molecule has 1 amide bonds. The Balaban J connectivity index is 1.39. The maximum absolute atomic E-state index is 12.9. The summed E-state index contributed by atoms with van der Waals surface area (Å²) in [6.45, 7) is 3.99. The van der Waals surface area contributed by atoms with Gasteiger partial charge in [0.1, 0.15) is 5.75 Å². The van der Waals surface area contributed by atoms with E-state index >= 15 is 0 Å². The van der Waals surface area contributed by atoms with Gasteiger partial charge in [-0.3, -0.25) is 4.79 Å². The first-order valence-electron chi connectivity index (χ1n) is 10.9. The number of benzene rings is 4. The highest BCUT2D eigenvalue weighted by atomic mass is 32.2. The highest BCUT2D eigenvalue weighted by Gasteiger charge is 2.19. The second-order valence-electron chi connectivity index (χ2n) is 7.76. The Labute approximate surface area is 193 Å². The van der Waals surface area contributed by atoms with Gasteiger partial charge in [0.2, 0.25) is 0 Å². The van der Waals surface area contributed by atoms with E-state index in [-0.39, 0.29) is 5.91 Å². The van der Waals surface area contributed by atoms with Crippen LogP contribution in [-0.4, -0.2) is 12.0 Å². The van der Waals surface area contributed by atoms with E-state index in [0.717, 1.165) is 27.8 Å². The first-order chi connectivity index (χ1) is 15.6. The number of amides is 1. The van der Waals surface area contributed by atoms with Crippen LogP contribution in [0.25, 0.3) is 10.8 Å². The molecule has 0 saturated carbocycles. The van der Waals surface area contributed by atoms with Crippen LogP contribution in [0.3, 0.4) is 0 Å². The third-order valence-electron chi connectivity index (χ3n) is 5.36. The Morgan fingerprint density at radius 3 is 2.41 bits per heavy atom. The van der Waals surface area contributed by atoms with Crippen LogP contribution in [0.1, 0.15) is 24.5 Å². The van der Waals surface area contributed by atoms with Crippen molar-refractivity contribution in [1.82, 2.24) is 0 Å². The first kappa shape index (κ1) is 22.0. The molecule has 3 nitrogen and oxygen atoms in total. The fourth-order valence-electron chi connectivity index (χ4n) is 3.58. The minimum atomic E-state index is -0.552. The van der Waals surface area contributed by atoms with E-state index < -0.39 is 6.10 Å². The zero-order valence-electron chi connectivity index (χ0n) is 18.4. The quantitative estimate of drug-likeness (QED) is 0.293. The monoisotopic (exact) mass is 441 g/mol. The molecule has 4 aromatic carbocycles. The molecule has 0 fully saturated rings. The number of rotatable bonds is 8. The van der Waals surface area contributed by atoms with E-state index in [2.05, 4.69) is 47.8 Å². The number of carbonyl (C=O) groups excluding carboxylic acids is 1. The molecular formula is C28H27NO2S. The largest absolute Gasteiger partial charge is 0.481 e. The summed E-state index contributed by atoms with van der Waals surface area (Å²) in [6.07, 6.45) is 0.0348. The van der Waals surface area contributed by atoms with Crippen molar-refractivity contribution in [2.75, 3.05) is 5.32 Å². The van der Waals surface area contributed by atoms with Crippen LogP contribution in [0.5, 0.6) is 5.75 Å². The van der Waals surface area contributed by atoms with Gasteiger partial charge in [0, 0.05) is 16.3 Å². The van der Waals surface area contributed by atoms with Gasteiger partial charge in [-0.1, -0.05) is 67.6 Å². The van der Waals surface area contributed by atoms with E-state index in [1.165, 1.54) is 10.5 Å². The Morgan fingerprint density at radius 2 is 1.66 bits per heavy atom. The molecule has 0 saturated heterocycles. The van der Waals surface area contributed by atoms with Crippen LogP contribution >= 0.6 is 11.8 Å². The topological polar surface area (TPSA) is 38.3 Å². The van der Waals surface area contributed by atoms with E-state index in [1.54, 1.807) is 11.8 Å². The average molecular weight is 442 g/mol. The summed E-state index contributed by atoms with van der Waals surface area (Å²) in [5.74, 6) is 1.47. The summed E-state index contributed by atoms with van der Waals surface area (Å²) < 4.78 is 6.04. The molecule has 162 valence electrons. The van der Waals surface area contributed by atoms with Crippen molar-refractivity contribution < 1.29 is 9.53 Å². The van der Waals surface area contributed by atoms with Gasteiger partial charge in [0.05, 0.1) is 0 Å². The number of fused-ring (bicyclic) bond motifs is 1. The van der Waals surface area contributed by atoms with Crippen molar-refractivity contribution in [3.8, 4) is 5.75 Å². The minimum Gasteiger partial charge on any atom is -0.481 e. The van der Waals surface area contributed by atoms with Crippen LogP contribution in [0.15, 0.2) is 95.9 Å². The molecule has 4 aromatic rings. The van der Waals surface area contributed by atoms with Crippen molar-refractivity contribution in [2.45, 2.75) is 37.0 Å². The van der Waals surface area contributed by atoms with Gasteiger partial charge in [-0.05, 0) is 65.6 Å². The first-order valence-corrected chi connectivity index (χ1v) is 11.8. The fourth-order valence-corrected chi connectivity index (χ4v) is 4.44. The van der Waals surface area contributed by atoms with Crippen molar-refractivity contribution in [2.24, 2.45) is 0 Å². The molecule has 4 rings (SSSR count). The van der Waals surface area contributed by atoms with E-state index in [9.17, 15) is 4.79 Å². The minimum absolute atomic E-state index is 0.129. The summed E-state index contributed by atoms with van der Waals surface area (Å²) >= 11 is 1.81. The van der Waals surface area contributed by atoms with E-state index in [1.807, 2.05) is 62.4 Å². The molecule has 0 radical (unpaired) electrons. The molecule has 0 aromatic heterocycles. The summed E-state index contributed by atoms with van der Waals surface area (Å²) in [5.41, 5.74) is 3.10. The maximum atomic E-state index is 12.9. The van der Waals surface area contributed by atoms with Gasteiger partial charge < -0.3 is 10.1 Å². The summed E-state index contributed by atoms with van der Waals surface area (Å²) in [5, 5.41) is 5.30. The van der Waals surface area contributed by atoms with Gasteiger partial charge in [-0.15, -0.1) is 11.8 Å². The van der Waals surface area contributed by atoms with E-state index in [4.69, 9.17) is 4.74 Å². The van der Waals surface area contributed by atoms with Crippen LogP contribution in [0, 0.1) is 6.92 Å². The maximum Gasteiger partial charge on any atom is 0.265 e. The Bertz CT molecular complexity index is 1210. The molecule has 0 aliphatic carbocycles. The third-order valence-corrected chi connectivity index (χ3v) is 6.44. The molecule has 1 N–H and O–H groups in total. The molecule has 0 aliphatic heterocycles. The smallest absolute Gasteiger partial charge is 0.265 e. The zero-order valence-corrected chi connectivity index (χ0v) is 19.2. The fraction of sp³-hybridized carbons (Fsp3) is 0.179. The Hall–Kier alpha value is -3.24. The number of nitrogens with one attached hydrogen (secondary N) is 1. The second kappa shape index (κ2) is 10.4. The molecule has 32 heavy (non-hydrogen) atoms. The SMILES string of the molecule is CC[C@H](Oc1ccc2ccccc2c1)C(=O)Nc1ccc(CSc2ccccc2)cc1C. The van der Waals surface area contributed by atoms with Crippen molar-refractivity contribution in [3.05, 3.63) is 102 Å². The number of ether oxygens (including phenoxy) is 1. The number of anilines is 1. The predicted molar refractivity (Wildman–Crippen MR) is 134 cm³/mol. The molecule has 0 heterocycles. The number of thioether (sulfide) groups is 1. The van der Waals surface area contributed by atoms with Crippen molar-refractivity contribution in [1.29, 1.82) is 0 Å². The van der Waals surface area contributed by atoms with Crippen molar-refractivity contribution >= 4 is 34.1 Å². The summed E-state index contributed by atoms with van der Waals surface area (Å²) in [6, 6.07) is 30.6. The standard InChI is InChI=1S/C28H27NO2S/c1-3-27(31-24-15-14-22-9-7-8-10-23(22)18-24)28(30)29-26-16-13-21(17-20(26)2)19-32-25-11-5-4-6-12-25/h4-18,27H,3,19H2,1-2H3,(H,29,30)/t27-/m0/s1. The molecular weight excluding hydrogens is 414 g/mol. The van der Waals surface area contributed by atoms with Gasteiger partial charge >= 0.3 is 0 Å². The van der Waals surface area contributed by atoms with E-state index in [0.29, 0.717) is 12.2 Å². The van der Waals surface area contributed by atoms with Gasteiger partial charge in [-0.2, -0.15) is 0 Å². The number of hydrogen-bond donors (Lipinski definition) is 1.